The Morgan fingerprint density at radius 3 is 2.73 bits per heavy atom. The number of thiazole rings is 1. The number of carbonyl (C=O) groups is 1. The summed E-state index contributed by atoms with van der Waals surface area (Å²) in [6.07, 6.45) is 0.920. The van der Waals surface area contributed by atoms with E-state index in [0.29, 0.717) is 16.7 Å². The van der Waals surface area contributed by atoms with Crippen LogP contribution >= 0.6 is 11.3 Å². The first-order valence-electron chi connectivity index (χ1n) is 5.06. The average molecular weight is 227 g/mol. The first-order chi connectivity index (χ1) is 7.04. The van der Waals surface area contributed by atoms with Gasteiger partial charge in [-0.1, -0.05) is 20.8 Å². The molecule has 1 aromatic rings. The van der Waals surface area contributed by atoms with Crippen molar-refractivity contribution in [1.29, 1.82) is 0 Å². The molecule has 0 radical (unpaired) electrons. The van der Waals surface area contributed by atoms with Gasteiger partial charge in [-0.2, -0.15) is 0 Å². The van der Waals surface area contributed by atoms with Crippen LogP contribution in [0.15, 0.2) is 5.38 Å². The molecule has 0 aliphatic carbocycles. The molecular weight excluding hydrogens is 210 g/mol. The maximum atomic E-state index is 11.7. The van der Waals surface area contributed by atoms with Gasteiger partial charge in [-0.05, 0) is 12.3 Å². The summed E-state index contributed by atoms with van der Waals surface area (Å²) in [5.41, 5.74) is 5.88. The molecule has 1 aromatic heterocycles. The van der Waals surface area contributed by atoms with E-state index in [4.69, 9.17) is 5.73 Å². The fourth-order valence-electron chi connectivity index (χ4n) is 1.37. The lowest BCUT2D eigenvalue weighted by Gasteiger charge is -2.19. The molecule has 1 heterocycles. The number of nitrogens with one attached hydrogen (secondary N) is 1. The molecule has 1 unspecified atom stereocenters. The Morgan fingerprint density at radius 1 is 1.67 bits per heavy atom. The average Bonchev–Trinajstić information content (AvgIpc) is 2.60. The van der Waals surface area contributed by atoms with Gasteiger partial charge < -0.3 is 11.1 Å². The molecule has 1 amide bonds. The van der Waals surface area contributed by atoms with E-state index in [1.165, 1.54) is 11.3 Å². The van der Waals surface area contributed by atoms with Crippen molar-refractivity contribution in [2.45, 2.75) is 33.2 Å². The zero-order valence-corrected chi connectivity index (χ0v) is 10.1. The van der Waals surface area contributed by atoms with Gasteiger partial charge in [-0.15, -0.1) is 11.3 Å². The van der Waals surface area contributed by atoms with Crippen molar-refractivity contribution in [2.75, 3.05) is 5.73 Å². The minimum Gasteiger partial charge on any atom is -0.375 e. The third-order valence-corrected chi connectivity index (χ3v) is 2.99. The van der Waals surface area contributed by atoms with Crippen LogP contribution in [-0.2, 0) is 0 Å². The molecule has 0 fully saturated rings. The monoisotopic (exact) mass is 227 g/mol. The normalized spacial score (nSPS) is 12.8. The SMILES string of the molecule is CCC(NC(=O)c1csc(N)n1)C(C)C. The maximum Gasteiger partial charge on any atom is 0.271 e. The van der Waals surface area contributed by atoms with Gasteiger partial charge in [0.15, 0.2) is 5.13 Å². The van der Waals surface area contributed by atoms with Crippen molar-refractivity contribution >= 4 is 22.4 Å². The van der Waals surface area contributed by atoms with Crippen molar-refractivity contribution in [3.63, 3.8) is 0 Å². The molecule has 0 aliphatic rings. The topological polar surface area (TPSA) is 68.0 Å². The molecular formula is C10H17N3OS. The molecule has 5 heteroatoms. The fourth-order valence-corrected chi connectivity index (χ4v) is 1.92. The van der Waals surface area contributed by atoms with Gasteiger partial charge in [0.05, 0.1) is 0 Å². The lowest BCUT2D eigenvalue weighted by Crippen LogP contribution is -2.38. The molecule has 0 saturated carbocycles. The summed E-state index contributed by atoms with van der Waals surface area (Å²) in [5, 5.41) is 5.05. The third-order valence-electron chi connectivity index (χ3n) is 2.32. The molecule has 84 valence electrons. The number of anilines is 1. The Morgan fingerprint density at radius 2 is 2.33 bits per heavy atom. The van der Waals surface area contributed by atoms with Crippen LogP contribution in [0.3, 0.4) is 0 Å². The Hall–Kier alpha value is -1.10. The Balaban J connectivity index is 2.62. The Bertz CT molecular complexity index is 335. The van der Waals surface area contributed by atoms with Crippen LogP contribution in [-0.4, -0.2) is 16.9 Å². The smallest absolute Gasteiger partial charge is 0.271 e. The van der Waals surface area contributed by atoms with E-state index in [9.17, 15) is 4.79 Å². The summed E-state index contributed by atoms with van der Waals surface area (Å²) in [4.78, 5) is 15.7. The largest absolute Gasteiger partial charge is 0.375 e. The molecule has 0 aromatic carbocycles. The third kappa shape index (κ3) is 3.20. The number of nitrogen functional groups attached to an aromatic ring is 1. The molecule has 15 heavy (non-hydrogen) atoms. The molecule has 0 bridgehead atoms. The number of nitrogens with two attached hydrogens (primary N) is 1. The van der Waals surface area contributed by atoms with E-state index in [-0.39, 0.29) is 11.9 Å². The molecule has 0 saturated heterocycles. The maximum absolute atomic E-state index is 11.7. The van der Waals surface area contributed by atoms with Gasteiger partial charge in [-0.25, -0.2) is 4.98 Å². The van der Waals surface area contributed by atoms with Crippen LogP contribution in [0.2, 0.25) is 0 Å². The van der Waals surface area contributed by atoms with E-state index >= 15 is 0 Å². The van der Waals surface area contributed by atoms with Gasteiger partial charge in [0, 0.05) is 11.4 Å². The zero-order valence-electron chi connectivity index (χ0n) is 9.28. The van der Waals surface area contributed by atoms with Gasteiger partial charge >= 0.3 is 0 Å². The zero-order chi connectivity index (χ0) is 11.4. The second kappa shape index (κ2) is 5.11. The van der Waals surface area contributed by atoms with E-state index < -0.39 is 0 Å². The van der Waals surface area contributed by atoms with Crippen molar-refractivity contribution in [2.24, 2.45) is 5.92 Å². The van der Waals surface area contributed by atoms with Crippen molar-refractivity contribution < 1.29 is 4.79 Å². The van der Waals surface area contributed by atoms with E-state index in [1.54, 1.807) is 5.38 Å². The van der Waals surface area contributed by atoms with Crippen molar-refractivity contribution in [3.8, 4) is 0 Å². The highest BCUT2D eigenvalue weighted by molar-refractivity contribution is 7.13. The van der Waals surface area contributed by atoms with Gasteiger partial charge in [0.25, 0.3) is 5.91 Å². The van der Waals surface area contributed by atoms with Gasteiger partial charge in [0.2, 0.25) is 0 Å². The number of nitrogens with zero attached hydrogens (tertiary/aromatic N) is 1. The second-order valence-corrected chi connectivity index (χ2v) is 4.69. The molecule has 0 spiro atoms. The van der Waals surface area contributed by atoms with Crippen LogP contribution in [0.25, 0.3) is 0 Å². The van der Waals surface area contributed by atoms with Gasteiger partial charge in [0.1, 0.15) is 5.69 Å². The van der Waals surface area contributed by atoms with E-state index in [1.807, 2.05) is 0 Å². The number of amides is 1. The Labute approximate surface area is 93.9 Å². The number of aromatic nitrogens is 1. The van der Waals surface area contributed by atoms with Crippen LogP contribution in [0.1, 0.15) is 37.7 Å². The number of hydrogen-bond acceptors (Lipinski definition) is 4. The predicted molar refractivity (Wildman–Crippen MR) is 62.9 cm³/mol. The lowest BCUT2D eigenvalue weighted by molar-refractivity contribution is 0.0920. The summed E-state index contributed by atoms with van der Waals surface area (Å²) in [5.74, 6) is 0.290. The second-order valence-electron chi connectivity index (χ2n) is 3.80. The van der Waals surface area contributed by atoms with Gasteiger partial charge in [-0.3, -0.25) is 4.79 Å². The predicted octanol–water partition coefficient (Wildman–Crippen LogP) is 1.89. The first-order valence-corrected chi connectivity index (χ1v) is 5.94. The lowest BCUT2D eigenvalue weighted by atomic mass is 10.0. The van der Waals surface area contributed by atoms with E-state index in [0.717, 1.165) is 6.42 Å². The summed E-state index contributed by atoms with van der Waals surface area (Å²) in [6.45, 7) is 6.23. The summed E-state index contributed by atoms with van der Waals surface area (Å²) >= 11 is 1.28. The summed E-state index contributed by atoms with van der Waals surface area (Å²) < 4.78 is 0. The van der Waals surface area contributed by atoms with E-state index in [2.05, 4.69) is 31.1 Å². The highest BCUT2D eigenvalue weighted by Crippen LogP contribution is 2.12. The molecule has 1 rings (SSSR count). The summed E-state index contributed by atoms with van der Waals surface area (Å²) in [7, 11) is 0. The minimum atomic E-state index is -0.136. The highest BCUT2D eigenvalue weighted by Gasteiger charge is 2.16. The molecule has 3 N–H and O–H groups in total. The number of carbonyl (C=O) groups excluding carboxylic acids is 1. The fraction of sp³-hybridized carbons (Fsp3) is 0.600. The molecule has 4 nitrogen and oxygen atoms in total. The van der Waals surface area contributed by atoms with Crippen molar-refractivity contribution in [1.82, 2.24) is 10.3 Å². The van der Waals surface area contributed by atoms with Crippen LogP contribution in [0.5, 0.6) is 0 Å². The number of rotatable bonds is 4. The Kier molecular flexibility index (Phi) is 4.08. The highest BCUT2D eigenvalue weighted by atomic mass is 32.1. The summed E-state index contributed by atoms with van der Waals surface area (Å²) in [6, 6.07) is 0.195. The van der Waals surface area contributed by atoms with Crippen LogP contribution in [0.4, 0.5) is 5.13 Å². The number of hydrogen-bond donors (Lipinski definition) is 2. The first kappa shape index (κ1) is 12.0. The quantitative estimate of drug-likeness (QED) is 0.825. The van der Waals surface area contributed by atoms with Crippen molar-refractivity contribution in [3.05, 3.63) is 11.1 Å². The standard InChI is InChI=1S/C10H17N3OS/c1-4-7(6(2)3)12-9(14)8-5-15-10(11)13-8/h5-7H,4H2,1-3H3,(H2,11,13)(H,12,14). The molecule has 0 aliphatic heterocycles. The minimum absolute atomic E-state index is 0.136. The van der Waals surface area contributed by atoms with Crippen LogP contribution in [0, 0.1) is 5.92 Å². The van der Waals surface area contributed by atoms with Crippen LogP contribution < -0.4 is 11.1 Å². The molecule has 1 atom stereocenters.